The van der Waals surface area contributed by atoms with Crippen molar-refractivity contribution in [1.29, 1.82) is 0 Å². The van der Waals surface area contributed by atoms with E-state index >= 15 is 0 Å². The number of rotatable bonds is 6. The van der Waals surface area contributed by atoms with E-state index in [1.807, 2.05) is 0 Å². The third-order valence-electron chi connectivity index (χ3n) is 4.33. The van der Waals surface area contributed by atoms with Gasteiger partial charge >= 0.3 is 0 Å². The molecule has 138 valence electrons. The minimum atomic E-state index is -3.85. The van der Waals surface area contributed by atoms with E-state index in [2.05, 4.69) is 15.0 Å². The molecule has 7 nitrogen and oxygen atoms in total. The third kappa shape index (κ3) is 4.13. The van der Waals surface area contributed by atoms with Crippen molar-refractivity contribution in [2.45, 2.75) is 36.6 Å². The number of methoxy groups -OCH3 is 1. The molecule has 0 bridgehead atoms. The molecule has 1 saturated carbocycles. The van der Waals surface area contributed by atoms with Gasteiger partial charge in [0.15, 0.2) is 0 Å². The summed E-state index contributed by atoms with van der Waals surface area (Å²) < 4.78 is 32.9. The van der Waals surface area contributed by atoms with Crippen LogP contribution in [-0.2, 0) is 10.0 Å². The average Bonchev–Trinajstić information content (AvgIpc) is 3.14. The number of nitrogens with zero attached hydrogens (tertiary/aromatic N) is 1. The Morgan fingerprint density at radius 1 is 1.23 bits per heavy atom. The van der Waals surface area contributed by atoms with Crippen LogP contribution in [0, 0.1) is 0 Å². The molecule has 1 aromatic carbocycles. The number of amides is 1. The maximum Gasteiger partial charge on any atom is 0.261 e. The summed E-state index contributed by atoms with van der Waals surface area (Å²) in [6.45, 7) is 0. The minimum Gasteiger partial charge on any atom is -0.496 e. The highest BCUT2D eigenvalue weighted by Crippen LogP contribution is 2.25. The van der Waals surface area contributed by atoms with Crippen molar-refractivity contribution in [3.05, 3.63) is 48.3 Å². The van der Waals surface area contributed by atoms with Gasteiger partial charge in [0.05, 0.1) is 29.5 Å². The molecule has 0 unspecified atom stereocenters. The monoisotopic (exact) mass is 375 g/mol. The van der Waals surface area contributed by atoms with Gasteiger partial charge in [0.25, 0.3) is 15.9 Å². The lowest BCUT2D eigenvalue weighted by molar-refractivity contribution is 0.0934. The van der Waals surface area contributed by atoms with E-state index in [0.29, 0.717) is 11.4 Å². The molecule has 1 aromatic heterocycles. The molecule has 1 amide bonds. The number of ether oxygens (including phenoxy) is 1. The molecule has 1 aliphatic carbocycles. The summed E-state index contributed by atoms with van der Waals surface area (Å²) >= 11 is 0. The molecule has 0 spiro atoms. The molecule has 8 heteroatoms. The summed E-state index contributed by atoms with van der Waals surface area (Å²) in [5, 5.41) is 2.95. The fourth-order valence-corrected chi connectivity index (χ4v) is 4.07. The predicted molar refractivity (Wildman–Crippen MR) is 97.8 cm³/mol. The normalized spacial score (nSPS) is 14.8. The largest absolute Gasteiger partial charge is 0.496 e. The van der Waals surface area contributed by atoms with Crippen LogP contribution in [0.1, 0.15) is 36.0 Å². The lowest BCUT2D eigenvalue weighted by Crippen LogP contribution is -2.33. The standard InChI is InChI=1S/C18H21N3O4S/c1-25-17-9-8-15(26(23,24)21-14-7-4-10-19-12-14)11-16(17)18(22)20-13-5-2-3-6-13/h4,7-13,21H,2-3,5-6H2,1H3,(H,20,22). The van der Waals surface area contributed by atoms with Gasteiger partial charge in [0.2, 0.25) is 0 Å². The minimum absolute atomic E-state index is 0.0151. The van der Waals surface area contributed by atoms with E-state index in [0.717, 1.165) is 25.7 Å². The number of sulfonamides is 1. The first-order valence-electron chi connectivity index (χ1n) is 8.41. The molecule has 1 aliphatic rings. The summed E-state index contributed by atoms with van der Waals surface area (Å²) in [6, 6.07) is 7.59. The van der Waals surface area contributed by atoms with Gasteiger partial charge in [0, 0.05) is 12.2 Å². The van der Waals surface area contributed by atoms with Gasteiger partial charge in [-0.05, 0) is 43.2 Å². The second-order valence-electron chi connectivity index (χ2n) is 6.16. The molecular formula is C18H21N3O4S. The number of carbonyl (C=O) groups is 1. The van der Waals surface area contributed by atoms with Gasteiger partial charge in [-0.2, -0.15) is 0 Å². The zero-order valence-electron chi connectivity index (χ0n) is 14.4. The van der Waals surface area contributed by atoms with Crippen LogP contribution in [0.25, 0.3) is 0 Å². The van der Waals surface area contributed by atoms with Crippen molar-refractivity contribution in [2.24, 2.45) is 0 Å². The Kier molecular flexibility index (Phi) is 5.41. The summed E-state index contributed by atoms with van der Waals surface area (Å²) in [5.74, 6) is 0.00741. The highest BCUT2D eigenvalue weighted by molar-refractivity contribution is 7.92. The highest BCUT2D eigenvalue weighted by Gasteiger charge is 2.23. The fraction of sp³-hybridized carbons (Fsp3) is 0.333. The summed E-state index contributed by atoms with van der Waals surface area (Å²) in [7, 11) is -2.40. The van der Waals surface area contributed by atoms with E-state index in [4.69, 9.17) is 4.74 Å². The molecular weight excluding hydrogens is 354 g/mol. The zero-order valence-corrected chi connectivity index (χ0v) is 15.3. The first-order valence-corrected chi connectivity index (χ1v) is 9.89. The molecule has 3 rings (SSSR count). The van der Waals surface area contributed by atoms with Crippen molar-refractivity contribution in [3.8, 4) is 5.75 Å². The van der Waals surface area contributed by atoms with Gasteiger partial charge in [-0.25, -0.2) is 8.42 Å². The number of hydrogen-bond acceptors (Lipinski definition) is 5. The number of anilines is 1. The van der Waals surface area contributed by atoms with Gasteiger partial charge in [0.1, 0.15) is 5.75 Å². The van der Waals surface area contributed by atoms with Gasteiger partial charge < -0.3 is 10.1 Å². The lowest BCUT2D eigenvalue weighted by Gasteiger charge is -2.15. The maximum absolute atomic E-state index is 12.6. The van der Waals surface area contributed by atoms with Crippen molar-refractivity contribution >= 4 is 21.6 Å². The quantitative estimate of drug-likeness (QED) is 0.809. The number of aromatic nitrogens is 1. The van der Waals surface area contributed by atoms with Crippen molar-refractivity contribution in [2.75, 3.05) is 11.8 Å². The van der Waals surface area contributed by atoms with Crippen LogP contribution in [0.2, 0.25) is 0 Å². The Morgan fingerprint density at radius 3 is 2.65 bits per heavy atom. The molecule has 1 fully saturated rings. The third-order valence-corrected chi connectivity index (χ3v) is 5.71. The Labute approximate surface area is 152 Å². The molecule has 0 saturated heterocycles. The van der Waals surface area contributed by atoms with Crippen LogP contribution in [0.4, 0.5) is 5.69 Å². The van der Waals surface area contributed by atoms with E-state index in [9.17, 15) is 13.2 Å². The first-order chi connectivity index (χ1) is 12.5. The molecule has 26 heavy (non-hydrogen) atoms. The second kappa shape index (κ2) is 7.74. The SMILES string of the molecule is COc1ccc(S(=O)(=O)Nc2cccnc2)cc1C(=O)NC1CCCC1. The number of hydrogen-bond donors (Lipinski definition) is 2. The summed E-state index contributed by atoms with van der Waals surface area (Å²) in [4.78, 5) is 16.5. The molecule has 1 heterocycles. The van der Waals surface area contributed by atoms with Crippen LogP contribution >= 0.6 is 0 Å². The molecule has 0 radical (unpaired) electrons. The van der Waals surface area contributed by atoms with Gasteiger partial charge in [-0.15, -0.1) is 0 Å². The fourth-order valence-electron chi connectivity index (χ4n) is 3.00. The predicted octanol–water partition coefficient (Wildman–Crippen LogP) is 2.56. The van der Waals surface area contributed by atoms with Crippen LogP contribution in [-0.4, -0.2) is 32.5 Å². The molecule has 2 N–H and O–H groups in total. The average molecular weight is 375 g/mol. The van der Waals surface area contributed by atoms with Crippen molar-refractivity contribution in [3.63, 3.8) is 0 Å². The lowest BCUT2D eigenvalue weighted by atomic mass is 10.1. The van der Waals surface area contributed by atoms with Crippen LogP contribution in [0.15, 0.2) is 47.6 Å². The first kappa shape index (κ1) is 18.2. The van der Waals surface area contributed by atoms with Gasteiger partial charge in [-0.1, -0.05) is 12.8 Å². The van der Waals surface area contributed by atoms with Crippen LogP contribution in [0.5, 0.6) is 5.75 Å². The van der Waals surface area contributed by atoms with Crippen LogP contribution < -0.4 is 14.8 Å². The Hall–Kier alpha value is -2.61. The topological polar surface area (TPSA) is 97.4 Å². The maximum atomic E-state index is 12.6. The van der Waals surface area contributed by atoms with E-state index < -0.39 is 10.0 Å². The summed E-state index contributed by atoms with van der Waals surface area (Å²) in [5.41, 5.74) is 0.550. The Balaban J connectivity index is 1.87. The van der Waals surface area contributed by atoms with Crippen LogP contribution in [0.3, 0.4) is 0 Å². The highest BCUT2D eigenvalue weighted by atomic mass is 32.2. The smallest absolute Gasteiger partial charge is 0.261 e. The van der Waals surface area contributed by atoms with Crippen molar-refractivity contribution in [1.82, 2.24) is 10.3 Å². The molecule has 0 atom stereocenters. The Bertz CT molecular complexity index is 879. The summed E-state index contributed by atoms with van der Waals surface area (Å²) in [6.07, 6.45) is 7.02. The number of pyridine rings is 1. The molecule has 0 aliphatic heterocycles. The van der Waals surface area contributed by atoms with Gasteiger partial charge in [-0.3, -0.25) is 14.5 Å². The Morgan fingerprint density at radius 2 is 2.00 bits per heavy atom. The van der Waals surface area contributed by atoms with E-state index in [-0.39, 0.29) is 22.4 Å². The second-order valence-corrected chi connectivity index (χ2v) is 7.85. The zero-order chi connectivity index (χ0) is 18.6. The number of nitrogens with one attached hydrogen (secondary N) is 2. The molecule has 2 aromatic rings. The van der Waals surface area contributed by atoms with E-state index in [1.54, 1.807) is 18.3 Å². The number of benzene rings is 1. The number of carbonyl (C=O) groups excluding carboxylic acids is 1. The van der Waals surface area contributed by atoms with E-state index in [1.165, 1.54) is 31.5 Å². The van der Waals surface area contributed by atoms with Crippen molar-refractivity contribution < 1.29 is 17.9 Å².